The lowest BCUT2D eigenvalue weighted by Gasteiger charge is -2.19. The number of H-pyrrole nitrogens is 1. The molecule has 1 aromatic rings. The first-order valence-electron chi connectivity index (χ1n) is 7.44. The zero-order valence-electron chi connectivity index (χ0n) is 13.0. The number of carbonyl (C=O) groups excluding carboxylic acids is 2. The van der Waals surface area contributed by atoms with E-state index in [2.05, 4.69) is 22.4 Å². The number of hydrogen-bond acceptors (Lipinski definition) is 4. The van der Waals surface area contributed by atoms with Gasteiger partial charge in [-0.15, -0.1) is 0 Å². The molecular formula is C15H20N4O3. The van der Waals surface area contributed by atoms with Gasteiger partial charge in [-0.1, -0.05) is 6.92 Å². The van der Waals surface area contributed by atoms with Crippen molar-refractivity contribution in [3.05, 3.63) is 27.2 Å². The van der Waals surface area contributed by atoms with Crippen LogP contribution in [-0.2, 0) is 16.1 Å². The van der Waals surface area contributed by atoms with E-state index in [-0.39, 0.29) is 17.5 Å². The maximum Gasteiger partial charge on any atom is 0.311 e. The van der Waals surface area contributed by atoms with E-state index in [1.54, 1.807) is 18.7 Å². The van der Waals surface area contributed by atoms with Crippen molar-refractivity contribution in [2.75, 3.05) is 13.1 Å². The monoisotopic (exact) mass is 304 g/mol. The lowest BCUT2D eigenvalue weighted by molar-refractivity contribution is -0.145. The molecule has 2 heterocycles. The van der Waals surface area contributed by atoms with Crippen molar-refractivity contribution in [1.82, 2.24) is 20.4 Å². The Labute approximate surface area is 128 Å². The summed E-state index contributed by atoms with van der Waals surface area (Å²) in [6.07, 6.45) is 1.14. The number of aromatic amines is 1. The summed E-state index contributed by atoms with van der Waals surface area (Å²) in [6.45, 7) is 7.04. The maximum atomic E-state index is 12.1. The van der Waals surface area contributed by atoms with Crippen molar-refractivity contribution >= 4 is 11.8 Å². The Morgan fingerprint density at radius 1 is 1.45 bits per heavy atom. The third kappa shape index (κ3) is 2.40. The van der Waals surface area contributed by atoms with Gasteiger partial charge in [0.25, 0.3) is 5.56 Å². The van der Waals surface area contributed by atoms with Crippen LogP contribution in [0.5, 0.6) is 0 Å². The van der Waals surface area contributed by atoms with Gasteiger partial charge in [0.05, 0.1) is 5.69 Å². The molecule has 0 unspecified atom stereocenters. The summed E-state index contributed by atoms with van der Waals surface area (Å²) in [7, 11) is 0. The SMILES string of the molecule is Cc1n[nH]c(=O)c(CNC(=O)C(=O)N2C[C@@H]3C[C@]3(C)C2)c1C. The van der Waals surface area contributed by atoms with Crippen LogP contribution in [0.15, 0.2) is 4.79 Å². The fraction of sp³-hybridized carbons (Fsp3) is 0.600. The number of hydrogen-bond donors (Lipinski definition) is 2. The predicted molar refractivity (Wildman–Crippen MR) is 79.0 cm³/mol. The molecule has 1 aliphatic carbocycles. The van der Waals surface area contributed by atoms with Gasteiger partial charge >= 0.3 is 11.8 Å². The third-order valence-corrected chi connectivity index (χ3v) is 5.03. The van der Waals surface area contributed by atoms with Gasteiger partial charge in [0.1, 0.15) is 0 Å². The summed E-state index contributed by atoms with van der Waals surface area (Å²) in [6, 6.07) is 0. The standard InChI is InChI=1S/C15H20N4O3/c1-8-9(2)17-18-12(20)11(8)5-16-13(21)14(22)19-6-10-4-15(10,3)7-19/h10H,4-7H2,1-3H3,(H,16,21)(H,18,20)/t10-,15+/m0/s1. The summed E-state index contributed by atoms with van der Waals surface area (Å²) in [5.41, 5.74) is 1.73. The van der Waals surface area contributed by atoms with Crippen molar-refractivity contribution in [2.24, 2.45) is 11.3 Å². The minimum atomic E-state index is -0.654. The molecule has 2 atom stereocenters. The minimum absolute atomic E-state index is 0.0314. The Bertz CT molecular complexity index is 711. The molecule has 0 aromatic carbocycles. The highest BCUT2D eigenvalue weighted by Gasteiger charge is 2.57. The number of piperidine rings is 1. The fourth-order valence-electron chi connectivity index (χ4n) is 3.18. The fourth-order valence-corrected chi connectivity index (χ4v) is 3.18. The molecule has 7 heteroatoms. The summed E-state index contributed by atoms with van der Waals surface area (Å²) >= 11 is 0. The first-order chi connectivity index (χ1) is 10.3. The van der Waals surface area contributed by atoms with Gasteiger partial charge in [-0.2, -0.15) is 5.10 Å². The first-order valence-corrected chi connectivity index (χ1v) is 7.44. The smallest absolute Gasteiger partial charge is 0.311 e. The highest BCUT2D eigenvalue weighted by molar-refractivity contribution is 6.35. The van der Waals surface area contributed by atoms with E-state index in [1.165, 1.54) is 0 Å². The van der Waals surface area contributed by atoms with Crippen molar-refractivity contribution in [2.45, 2.75) is 33.7 Å². The zero-order chi connectivity index (χ0) is 16.1. The quantitative estimate of drug-likeness (QED) is 0.744. The number of rotatable bonds is 2. The van der Waals surface area contributed by atoms with E-state index in [4.69, 9.17) is 0 Å². The minimum Gasteiger partial charge on any atom is -0.344 e. The average Bonchev–Trinajstić information content (AvgIpc) is 2.99. The molecule has 2 amide bonds. The van der Waals surface area contributed by atoms with Gasteiger partial charge in [0, 0.05) is 25.2 Å². The Morgan fingerprint density at radius 2 is 2.18 bits per heavy atom. The van der Waals surface area contributed by atoms with Crippen LogP contribution in [0.25, 0.3) is 0 Å². The summed E-state index contributed by atoms with van der Waals surface area (Å²) in [4.78, 5) is 37.5. The number of amides is 2. The largest absolute Gasteiger partial charge is 0.344 e. The van der Waals surface area contributed by atoms with Gasteiger partial charge in [-0.05, 0) is 37.2 Å². The lowest BCUT2D eigenvalue weighted by atomic mass is 10.1. The summed E-state index contributed by atoms with van der Waals surface area (Å²) in [5.74, 6) is -0.622. The second kappa shape index (κ2) is 4.93. The third-order valence-electron chi connectivity index (χ3n) is 5.03. The second-order valence-corrected chi connectivity index (χ2v) is 6.67. The van der Waals surface area contributed by atoms with Crippen LogP contribution >= 0.6 is 0 Å². The van der Waals surface area contributed by atoms with Gasteiger partial charge in [-0.3, -0.25) is 14.4 Å². The number of nitrogens with one attached hydrogen (secondary N) is 2. The van der Waals surface area contributed by atoms with Crippen molar-refractivity contribution < 1.29 is 9.59 Å². The van der Waals surface area contributed by atoms with E-state index in [0.717, 1.165) is 12.0 Å². The molecule has 0 spiro atoms. The zero-order valence-corrected chi connectivity index (χ0v) is 13.0. The normalized spacial score (nSPS) is 25.8. The Morgan fingerprint density at radius 3 is 2.82 bits per heavy atom. The summed E-state index contributed by atoms with van der Waals surface area (Å²) in [5, 5.41) is 8.79. The predicted octanol–water partition coefficient (Wildman–Crippen LogP) is -0.129. The second-order valence-electron chi connectivity index (χ2n) is 6.67. The molecule has 0 bridgehead atoms. The molecule has 2 aliphatic rings. The first kappa shape index (κ1) is 14.7. The molecule has 2 N–H and O–H groups in total. The number of fused-ring (bicyclic) bond motifs is 1. The van der Waals surface area contributed by atoms with Gasteiger partial charge in [0.15, 0.2) is 0 Å². The van der Waals surface area contributed by atoms with E-state index in [0.29, 0.717) is 30.3 Å². The topological polar surface area (TPSA) is 95.2 Å². The highest BCUT2D eigenvalue weighted by Crippen LogP contribution is 2.57. The van der Waals surface area contributed by atoms with Gasteiger partial charge in [-0.25, -0.2) is 5.10 Å². The molecular weight excluding hydrogens is 284 g/mol. The molecule has 118 valence electrons. The molecule has 0 radical (unpaired) electrons. The number of nitrogens with zero attached hydrogens (tertiary/aromatic N) is 2. The van der Waals surface area contributed by atoms with Crippen LogP contribution in [0.4, 0.5) is 0 Å². The average molecular weight is 304 g/mol. The van der Waals surface area contributed by atoms with Gasteiger partial charge in [0.2, 0.25) is 0 Å². The Kier molecular flexibility index (Phi) is 3.30. The van der Waals surface area contributed by atoms with E-state index >= 15 is 0 Å². The number of aryl methyl sites for hydroxylation is 1. The van der Waals surface area contributed by atoms with Crippen LogP contribution in [0.1, 0.15) is 30.2 Å². The van der Waals surface area contributed by atoms with Crippen molar-refractivity contribution in [3.8, 4) is 0 Å². The molecule has 3 rings (SSSR count). The van der Waals surface area contributed by atoms with Crippen LogP contribution in [0.3, 0.4) is 0 Å². The molecule has 2 fully saturated rings. The highest BCUT2D eigenvalue weighted by atomic mass is 16.2. The van der Waals surface area contributed by atoms with E-state index < -0.39 is 11.8 Å². The molecule has 22 heavy (non-hydrogen) atoms. The van der Waals surface area contributed by atoms with Crippen LogP contribution in [0, 0.1) is 25.2 Å². The Hall–Kier alpha value is -2.18. The van der Waals surface area contributed by atoms with Crippen LogP contribution < -0.4 is 10.9 Å². The summed E-state index contributed by atoms with van der Waals surface area (Å²) < 4.78 is 0. The number of carbonyl (C=O) groups is 2. The number of likely N-dealkylation sites (tertiary alicyclic amines) is 1. The Balaban J connectivity index is 1.62. The molecule has 7 nitrogen and oxygen atoms in total. The molecule has 1 saturated carbocycles. The van der Waals surface area contributed by atoms with Crippen LogP contribution in [0.2, 0.25) is 0 Å². The molecule has 1 saturated heterocycles. The van der Waals surface area contributed by atoms with Gasteiger partial charge < -0.3 is 10.2 Å². The van der Waals surface area contributed by atoms with E-state index in [9.17, 15) is 14.4 Å². The van der Waals surface area contributed by atoms with Crippen molar-refractivity contribution in [1.29, 1.82) is 0 Å². The number of aromatic nitrogens is 2. The lowest BCUT2D eigenvalue weighted by Crippen LogP contribution is -2.43. The van der Waals surface area contributed by atoms with E-state index in [1.807, 2.05) is 0 Å². The molecule has 1 aromatic heterocycles. The van der Waals surface area contributed by atoms with Crippen molar-refractivity contribution in [3.63, 3.8) is 0 Å². The molecule has 1 aliphatic heterocycles. The van der Waals surface area contributed by atoms with Crippen LogP contribution in [-0.4, -0.2) is 40.0 Å². The maximum absolute atomic E-state index is 12.1.